The van der Waals surface area contributed by atoms with Gasteiger partial charge in [0, 0.05) is 19.5 Å². The van der Waals surface area contributed by atoms with Gasteiger partial charge in [0.25, 0.3) is 5.91 Å². The molecule has 1 aromatic carbocycles. The summed E-state index contributed by atoms with van der Waals surface area (Å²) >= 11 is 0. The van der Waals surface area contributed by atoms with E-state index in [0.717, 1.165) is 37.3 Å². The first kappa shape index (κ1) is 20.6. The minimum Gasteiger partial charge on any atom is -0.347 e. The van der Waals surface area contributed by atoms with Crippen LogP contribution in [0, 0.1) is 5.92 Å². The van der Waals surface area contributed by atoms with Crippen molar-refractivity contribution in [3.8, 4) is 0 Å². The molecule has 7 nitrogen and oxygen atoms in total. The summed E-state index contributed by atoms with van der Waals surface area (Å²) in [4.78, 5) is 27.1. The molecule has 160 valence electrons. The van der Waals surface area contributed by atoms with Crippen LogP contribution in [0.5, 0.6) is 0 Å². The first-order valence-electron chi connectivity index (χ1n) is 11.2. The van der Waals surface area contributed by atoms with E-state index in [0.29, 0.717) is 25.2 Å². The van der Waals surface area contributed by atoms with Crippen LogP contribution in [0.15, 0.2) is 36.5 Å². The maximum atomic E-state index is 12.8. The molecule has 2 aromatic rings. The molecule has 4 rings (SSSR count). The molecule has 0 radical (unpaired) electrons. The molecule has 2 fully saturated rings. The van der Waals surface area contributed by atoms with Gasteiger partial charge in [0.15, 0.2) is 5.69 Å². The van der Waals surface area contributed by atoms with Crippen LogP contribution in [0.4, 0.5) is 0 Å². The summed E-state index contributed by atoms with van der Waals surface area (Å²) in [5.41, 5.74) is 1.35. The summed E-state index contributed by atoms with van der Waals surface area (Å²) < 4.78 is 1.70. The van der Waals surface area contributed by atoms with Gasteiger partial charge in [-0.25, -0.2) is 4.68 Å². The van der Waals surface area contributed by atoms with Crippen molar-refractivity contribution >= 4 is 11.8 Å². The quantitative estimate of drug-likeness (QED) is 0.726. The molecular weight excluding hydrogens is 378 g/mol. The van der Waals surface area contributed by atoms with Crippen LogP contribution in [0.1, 0.15) is 67.4 Å². The first-order valence-corrected chi connectivity index (χ1v) is 11.2. The summed E-state index contributed by atoms with van der Waals surface area (Å²) in [5, 5.41) is 11.0. The number of nitrogens with one attached hydrogen (secondary N) is 1. The Hall–Kier alpha value is -2.70. The highest BCUT2D eigenvalue weighted by Gasteiger charge is 2.30. The molecule has 1 unspecified atom stereocenters. The summed E-state index contributed by atoms with van der Waals surface area (Å²) in [6.45, 7) is 1.87. The van der Waals surface area contributed by atoms with Crippen LogP contribution in [0.3, 0.4) is 0 Å². The second-order valence-electron chi connectivity index (χ2n) is 8.57. The molecule has 0 bridgehead atoms. The third kappa shape index (κ3) is 5.26. The van der Waals surface area contributed by atoms with E-state index in [1.807, 2.05) is 35.2 Å². The lowest BCUT2D eigenvalue weighted by atomic mass is 10.0. The van der Waals surface area contributed by atoms with Gasteiger partial charge < -0.3 is 10.2 Å². The lowest BCUT2D eigenvalue weighted by molar-refractivity contribution is -0.132. The Labute approximate surface area is 177 Å². The van der Waals surface area contributed by atoms with Crippen molar-refractivity contribution in [2.45, 2.75) is 70.5 Å². The van der Waals surface area contributed by atoms with Crippen molar-refractivity contribution < 1.29 is 9.59 Å². The fourth-order valence-electron chi connectivity index (χ4n) is 4.70. The molecule has 30 heavy (non-hydrogen) atoms. The number of likely N-dealkylation sites (tertiary alicyclic amines) is 1. The summed E-state index contributed by atoms with van der Waals surface area (Å²) in [6.07, 6.45) is 10.6. The third-order valence-electron chi connectivity index (χ3n) is 6.40. The van der Waals surface area contributed by atoms with Crippen molar-refractivity contribution in [1.82, 2.24) is 25.2 Å². The van der Waals surface area contributed by atoms with E-state index in [1.54, 1.807) is 10.9 Å². The predicted octanol–water partition coefficient (Wildman–Crippen LogP) is 3.17. The van der Waals surface area contributed by atoms with Gasteiger partial charge in [0.1, 0.15) is 0 Å². The van der Waals surface area contributed by atoms with Crippen molar-refractivity contribution in [2.24, 2.45) is 5.92 Å². The Balaban J connectivity index is 1.27. The molecule has 1 saturated carbocycles. The number of hydrogen-bond acceptors (Lipinski definition) is 4. The van der Waals surface area contributed by atoms with Gasteiger partial charge in [0.05, 0.1) is 18.8 Å². The molecule has 1 saturated heterocycles. The third-order valence-corrected chi connectivity index (χ3v) is 6.40. The van der Waals surface area contributed by atoms with Gasteiger partial charge in [-0.3, -0.25) is 9.59 Å². The number of carbonyl (C=O) groups excluding carboxylic acids is 2. The van der Waals surface area contributed by atoms with Gasteiger partial charge in [0.2, 0.25) is 5.91 Å². The van der Waals surface area contributed by atoms with Crippen LogP contribution in [-0.2, 0) is 17.9 Å². The van der Waals surface area contributed by atoms with E-state index in [2.05, 4.69) is 15.6 Å². The molecule has 7 heteroatoms. The van der Waals surface area contributed by atoms with Crippen molar-refractivity contribution in [2.75, 3.05) is 6.54 Å². The molecule has 0 spiro atoms. The van der Waals surface area contributed by atoms with Gasteiger partial charge in [-0.2, -0.15) is 0 Å². The lowest BCUT2D eigenvalue weighted by Crippen LogP contribution is -2.38. The van der Waals surface area contributed by atoms with Crippen molar-refractivity contribution in [3.05, 3.63) is 47.8 Å². The Morgan fingerprint density at radius 2 is 1.87 bits per heavy atom. The predicted molar refractivity (Wildman–Crippen MR) is 114 cm³/mol. The largest absolute Gasteiger partial charge is 0.347 e. The van der Waals surface area contributed by atoms with Crippen LogP contribution < -0.4 is 5.32 Å². The van der Waals surface area contributed by atoms with Gasteiger partial charge >= 0.3 is 0 Å². The molecule has 1 aliphatic carbocycles. The number of rotatable bonds is 8. The number of carbonyl (C=O) groups is 2. The van der Waals surface area contributed by atoms with Crippen LogP contribution >= 0.6 is 0 Å². The molecule has 1 aliphatic heterocycles. The SMILES string of the molecule is O=C(NCc1ccccc1)c1cn(CC2CCCN2C(=O)CCC2CCCC2)nn1. The fraction of sp³-hybridized carbons (Fsp3) is 0.565. The highest BCUT2D eigenvalue weighted by Crippen LogP contribution is 2.29. The van der Waals surface area contributed by atoms with E-state index >= 15 is 0 Å². The zero-order valence-electron chi connectivity index (χ0n) is 17.5. The Morgan fingerprint density at radius 1 is 1.07 bits per heavy atom. The van der Waals surface area contributed by atoms with Crippen LogP contribution in [-0.4, -0.2) is 44.3 Å². The van der Waals surface area contributed by atoms with E-state index in [9.17, 15) is 9.59 Å². The van der Waals surface area contributed by atoms with Crippen LogP contribution in [0.2, 0.25) is 0 Å². The normalized spacial score (nSPS) is 19.3. The van der Waals surface area contributed by atoms with Gasteiger partial charge in [-0.1, -0.05) is 61.2 Å². The Kier molecular flexibility index (Phi) is 6.77. The van der Waals surface area contributed by atoms with Crippen molar-refractivity contribution in [3.63, 3.8) is 0 Å². The average molecular weight is 410 g/mol. The monoisotopic (exact) mass is 409 g/mol. The zero-order chi connectivity index (χ0) is 20.8. The smallest absolute Gasteiger partial charge is 0.273 e. The summed E-state index contributed by atoms with van der Waals surface area (Å²) in [6, 6.07) is 9.91. The standard InChI is InChI=1S/C23H31N5O2/c29-22(13-12-18-7-4-5-8-18)28-14-6-11-20(28)16-27-17-21(25-26-27)23(30)24-15-19-9-2-1-3-10-19/h1-3,9-10,17-18,20H,4-8,11-16H2,(H,24,30). The zero-order valence-corrected chi connectivity index (χ0v) is 17.5. The van der Waals surface area contributed by atoms with Crippen molar-refractivity contribution in [1.29, 1.82) is 0 Å². The van der Waals surface area contributed by atoms with E-state index in [1.165, 1.54) is 25.7 Å². The number of amides is 2. The first-order chi connectivity index (χ1) is 14.7. The van der Waals surface area contributed by atoms with E-state index in [-0.39, 0.29) is 17.9 Å². The highest BCUT2D eigenvalue weighted by molar-refractivity contribution is 5.91. The number of nitrogens with zero attached hydrogens (tertiary/aromatic N) is 4. The van der Waals surface area contributed by atoms with E-state index in [4.69, 9.17) is 0 Å². The van der Waals surface area contributed by atoms with Crippen LogP contribution in [0.25, 0.3) is 0 Å². The number of benzene rings is 1. The maximum Gasteiger partial charge on any atom is 0.273 e. The fourth-order valence-corrected chi connectivity index (χ4v) is 4.70. The molecule has 1 aromatic heterocycles. The molecule has 2 aliphatic rings. The second kappa shape index (κ2) is 9.87. The Bertz CT molecular complexity index is 844. The lowest BCUT2D eigenvalue weighted by Gasteiger charge is -2.25. The molecule has 1 atom stereocenters. The second-order valence-corrected chi connectivity index (χ2v) is 8.57. The molecule has 2 amide bonds. The highest BCUT2D eigenvalue weighted by atomic mass is 16.2. The number of hydrogen-bond donors (Lipinski definition) is 1. The Morgan fingerprint density at radius 3 is 2.67 bits per heavy atom. The van der Waals surface area contributed by atoms with Gasteiger partial charge in [-0.15, -0.1) is 5.10 Å². The van der Waals surface area contributed by atoms with E-state index < -0.39 is 0 Å². The van der Waals surface area contributed by atoms with Gasteiger partial charge in [-0.05, 0) is 30.7 Å². The molecule has 1 N–H and O–H groups in total. The average Bonchev–Trinajstić information content (AvgIpc) is 3.53. The molecular formula is C23H31N5O2. The topological polar surface area (TPSA) is 80.1 Å². The number of aromatic nitrogens is 3. The maximum absolute atomic E-state index is 12.8. The minimum atomic E-state index is -0.235. The minimum absolute atomic E-state index is 0.142. The summed E-state index contributed by atoms with van der Waals surface area (Å²) in [7, 11) is 0. The summed E-state index contributed by atoms with van der Waals surface area (Å²) in [5.74, 6) is 0.772. The molecule has 2 heterocycles.